The van der Waals surface area contributed by atoms with Crippen molar-refractivity contribution in [1.82, 2.24) is 10.2 Å². The van der Waals surface area contributed by atoms with Crippen LogP contribution in [0.15, 0.2) is 36.5 Å². The largest absolute Gasteiger partial charge is 0.298 e. The van der Waals surface area contributed by atoms with Crippen molar-refractivity contribution in [3.05, 3.63) is 36.5 Å². The molecule has 100 valence electrons. The Labute approximate surface area is 117 Å². The molecule has 19 heavy (non-hydrogen) atoms. The van der Waals surface area contributed by atoms with E-state index >= 15 is 0 Å². The summed E-state index contributed by atoms with van der Waals surface area (Å²) in [6, 6.07) is 0. The van der Waals surface area contributed by atoms with Crippen molar-refractivity contribution < 1.29 is 9.59 Å². The molecule has 0 aromatic heterocycles. The third-order valence-electron chi connectivity index (χ3n) is 3.21. The van der Waals surface area contributed by atoms with Gasteiger partial charge in [-0.3, -0.25) is 19.8 Å². The summed E-state index contributed by atoms with van der Waals surface area (Å²) in [5.41, 5.74) is 0.191. The third kappa shape index (κ3) is 2.98. The van der Waals surface area contributed by atoms with Crippen LogP contribution in [-0.2, 0) is 9.59 Å². The monoisotopic (exact) mass is 276 g/mol. The second-order valence-electron chi connectivity index (χ2n) is 4.59. The van der Waals surface area contributed by atoms with Crippen molar-refractivity contribution in [2.24, 2.45) is 5.92 Å². The Morgan fingerprint density at radius 3 is 2.89 bits per heavy atom. The molecular formula is C14H16N2O2S. The van der Waals surface area contributed by atoms with Gasteiger partial charge >= 0.3 is 0 Å². The number of amides is 2. The van der Waals surface area contributed by atoms with Crippen LogP contribution in [0.25, 0.3) is 0 Å². The Kier molecular flexibility index (Phi) is 4.27. The first-order valence-electron chi connectivity index (χ1n) is 6.28. The van der Waals surface area contributed by atoms with E-state index in [-0.39, 0.29) is 22.5 Å². The van der Waals surface area contributed by atoms with Gasteiger partial charge in [0.25, 0.3) is 11.8 Å². The van der Waals surface area contributed by atoms with E-state index < -0.39 is 5.91 Å². The molecule has 2 rings (SSSR count). The fourth-order valence-corrected chi connectivity index (χ4v) is 2.46. The van der Waals surface area contributed by atoms with Crippen LogP contribution in [-0.4, -0.2) is 28.4 Å². The molecule has 0 bridgehead atoms. The fourth-order valence-electron chi connectivity index (χ4n) is 2.21. The Bertz CT molecular complexity index is 494. The Balaban J connectivity index is 2.22. The molecule has 1 atom stereocenters. The van der Waals surface area contributed by atoms with Gasteiger partial charge in [-0.15, -0.1) is 6.58 Å². The predicted octanol–water partition coefficient (Wildman–Crippen LogP) is 1.70. The highest BCUT2D eigenvalue weighted by molar-refractivity contribution is 7.80. The van der Waals surface area contributed by atoms with Gasteiger partial charge in [0, 0.05) is 6.54 Å². The summed E-state index contributed by atoms with van der Waals surface area (Å²) >= 11 is 4.99. The molecule has 1 unspecified atom stereocenters. The van der Waals surface area contributed by atoms with Crippen LogP contribution in [0.1, 0.15) is 19.3 Å². The zero-order valence-electron chi connectivity index (χ0n) is 10.6. The number of hydrogen-bond acceptors (Lipinski definition) is 3. The van der Waals surface area contributed by atoms with Crippen molar-refractivity contribution in [2.75, 3.05) is 6.54 Å². The van der Waals surface area contributed by atoms with Crippen LogP contribution in [0.2, 0.25) is 0 Å². The lowest BCUT2D eigenvalue weighted by Gasteiger charge is -2.28. The molecule has 0 saturated carbocycles. The van der Waals surface area contributed by atoms with E-state index in [2.05, 4.69) is 24.0 Å². The summed E-state index contributed by atoms with van der Waals surface area (Å²) in [7, 11) is 0. The molecule has 1 saturated heterocycles. The van der Waals surface area contributed by atoms with Crippen LogP contribution in [0, 0.1) is 5.92 Å². The maximum atomic E-state index is 12.3. The van der Waals surface area contributed by atoms with Gasteiger partial charge in [-0.1, -0.05) is 24.3 Å². The smallest absolute Gasteiger partial charge is 0.265 e. The van der Waals surface area contributed by atoms with Crippen LogP contribution in [0.3, 0.4) is 0 Å². The summed E-state index contributed by atoms with van der Waals surface area (Å²) < 4.78 is 0. The highest BCUT2D eigenvalue weighted by Gasteiger charge is 2.33. The average Bonchev–Trinajstić information content (AvgIpc) is 2.41. The number of hydrogen-bond donors (Lipinski definition) is 1. The molecule has 0 radical (unpaired) electrons. The van der Waals surface area contributed by atoms with E-state index in [9.17, 15) is 9.59 Å². The first-order chi connectivity index (χ1) is 9.13. The average molecular weight is 276 g/mol. The van der Waals surface area contributed by atoms with Gasteiger partial charge in [0.1, 0.15) is 5.57 Å². The van der Waals surface area contributed by atoms with E-state index in [1.54, 1.807) is 12.2 Å². The summed E-state index contributed by atoms with van der Waals surface area (Å²) in [6.07, 6.45) is 10.4. The second kappa shape index (κ2) is 5.93. The minimum absolute atomic E-state index is 0.149. The van der Waals surface area contributed by atoms with Crippen LogP contribution >= 0.6 is 12.2 Å². The summed E-state index contributed by atoms with van der Waals surface area (Å²) in [6.45, 7) is 3.89. The molecule has 1 heterocycles. The van der Waals surface area contributed by atoms with Gasteiger partial charge in [-0.05, 0) is 37.4 Å². The van der Waals surface area contributed by atoms with E-state index in [0.29, 0.717) is 6.54 Å². The molecule has 1 fully saturated rings. The van der Waals surface area contributed by atoms with E-state index in [4.69, 9.17) is 12.2 Å². The lowest BCUT2D eigenvalue weighted by Crippen LogP contribution is -2.54. The van der Waals surface area contributed by atoms with Crippen molar-refractivity contribution in [3.8, 4) is 0 Å². The number of allylic oxidation sites excluding steroid dienone is 3. The lowest BCUT2D eigenvalue weighted by atomic mass is 9.91. The first-order valence-corrected chi connectivity index (χ1v) is 6.69. The zero-order valence-corrected chi connectivity index (χ0v) is 11.4. The molecule has 0 aromatic rings. The van der Waals surface area contributed by atoms with Crippen LogP contribution < -0.4 is 5.32 Å². The minimum atomic E-state index is -0.398. The second-order valence-corrected chi connectivity index (χ2v) is 4.98. The molecule has 1 N–H and O–H groups in total. The lowest BCUT2D eigenvalue weighted by molar-refractivity contribution is -0.128. The van der Waals surface area contributed by atoms with Gasteiger partial charge in [0.2, 0.25) is 0 Å². The topological polar surface area (TPSA) is 49.4 Å². The Hall–Kier alpha value is -1.75. The first kappa shape index (κ1) is 13.7. The summed E-state index contributed by atoms with van der Waals surface area (Å²) in [5, 5.41) is 2.70. The van der Waals surface area contributed by atoms with Gasteiger partial charge in [0.15, 0.2) is 5.11 Å². The number of carbonyl (C=O) groups excluding carboxylic acids is 2. The van der Waals surface area contributed by atoms with E-state index in [0.717, 1.165) is 19.3 Å². The highest BCUT2D eigenvalue weighted by Crippen LogP contribution is 2.22. The third-order valence-corrected chi connectivity index (χ3v) is 3.53. The maximum Gasteiger partial charge on any atom is 0.265 e. The minimum Gasteiger partial charge on any atom is -0.298 e. The Morgan fingerprint density at radius 1 is 1.47 bits per heavy atom. The van der Waals surface area contributed by atoms with Crippen molar-refractivity contribution in [3.63, 3.8) is 0 Å². The molecule has 0 aromatic carbocycles. The number of thiocarbonyl (C=S) groups is 1. The number of carbonyl (C=O) groups is 2. The van der Waals surface area contributed by atoms with E-state index in [1.807, 2.05) is 0 Å². The molecule has 4 nitrogen and oxygen atoms in total. The SMILES string of the molecule is C=CCN1C(=O)/C(=C/C2CC=CCC2)C(=O)NC1=S. The number of rotatable bonds is 3. The molecule has 2 amide bonds. The molecule has 1 aliphatic carbocycles. The van der Waals surface area contributed by atoms with Gasteiger partial charge in [-0.2, -0.15) is 0 Å². The Morgan fingerprint density at radius 2 is 2.26 bits per heavy atom. The summed E-state index contributed by atoms with van der Waals surface area (Å²) in [5.74, 6) is -0.486. The number of nitrogens with zero attached hydrogens (tertiary/aromatic N) is 1. The quantitative estimate of drug-likeness (QED) is 0.369. The van der Waals surface area contributed by atoms with Gasteiger partial charge in [0.05, 0.1) is 0 Å². The number of nitrogens with one attached hydrogen (secondary N) is 1. The molecule has 2 aliphatic rings. The molecular weight excluding hydrogens is 260 g/mol. The highest BCUT2D eigenvalue weighted by atomic mass is 32.1. The van der Waals surface area contributed by atoms with E-state index in [1.165, 1.54) is 4.90 Å². The van der Waals surface area contributed by atoms with Gasteiger partial charge < -0.3 is 0 Å². The van der Waals surface area contributed by atoms with Crippen molar-refractivity contribution >= 4 is 29.1 Å². The molecule has 0 spiro atoms. The molecule has 1 aliphatic heterocycles. The molecule has 5 heteroatoms. The normalized spacial score (nSPS) is 25.7. The maximum absolute atomic E-state index is 12.3. The predicted molar refractivity (Wildman–Crippen MR) is 77.2 cm³/mol. The van der Waals surface area contributed by atoms with Crippen molar-refractivity contribution in [2.45, 2.75) is 19.3 Å². The summed E-state index contributed by atoms with van der Waals surface area (Å²) in [4.78, 5) is 25.5. The van der Waals surface area contributed by atoms with Crippen LogP contribution in [0.4, 0.5) is 0 Å². The standard InChI is InChI=1S/C14H16N2O2S/c1-2-8-16-13(18)11(12(17)15-14(16)19)9-10-6-4-3-5-7-10/h2-4,9-10H,1,5-8H2,(H,15,17,19)/b11-9+. The fraction of sp³-hybridized carbons (Fsp3) is 0.357. The zero-order chi connectivity index (χ0) is 13.8. The van der Waals surface area contributed by atoms with Crippen molar-refractivity contribution in [1.29, 1.82) is 0 Å². The van der Waals surface area contributed by atoms with Gasteiger partial charge in [-0.25, -0.2) is 0 Å². The van der Waals surface area contributed by atoms with Crippen LogP contribution in [0.5, 0.6) is 0 Å².